The second kappa shape index (κ2) is 6.59. The second-order valence-corrected chi connectivity index (χ2v) is 6.91. The van der Waals surface area contributed by atoms with Gasteiger partial charge < -0.3 is 10.6 Å². The molecule has 3 rings (SSSR count). The van der Waals surface area contributed by atoms with E-state index >= 15 is 0 Å². The van der Waals surface area contributed by atoms with Gasteiger partial charge in [-0.2, -0.15) is 0 Å². The maximum absolute atomic E-state index is 13.3. The minimum Gasteiger partial charge on any atom is -0.345 e. The summed E-state index contributed by atoms with van der Waals surface area (Å²) in [6.45, 7) is 5.58. The van der Waals surface area contributed by atoms with Crippen molar-refractivity contribution in [3.8, 4) is 0 Å². The first-order chi connectivity index (χ1) is 12.2. The fourth-order valence-electron chi connectivity index (χ4n) is 2.52. The molecule has 0 aliphatic rings. The van der Waals surface area contributed by atoms with Crippen molar-refractivity contribution in [2.75, 3.05) is 5.32 Å². The highest BCUT2D eigenvalue weighted by Gasteiger charge is 2.24. The van der Waals surface area contributed by atoms with Gasteiger partial charge in [-0.25, -0.2) is 9.37 Å². The Hall–Kier alpha value is -3.22. The molecule has 134 valence electrons. The first-order valence-corrected chi connectivity index (χ1v) is 8.11. The van der Waals surface area contributed by atoms with Crippen molar-refractivity contribution in [3.63, 3.8) is 0 Å². The number of rotatable bonds is 3. The first kappa shape index (κ1) is 17.6. The van der Waals surface area contributed by atoms with E-state index in [2.05, 4.69) is 15.6 Å². The molecule has 1 aromatic carbocycles. The van der Waals surface area contributed by atoms with Crippen LogP contribution in [-0.2, 0) is 0 Å². The summed E-state index contributed by atoms with van der Waals surface area (Å²) < 4.78 is 14.9. The standard InChI is InChI=1S/C19H19FN4O2/c1-19(2,3)23-18(26)16-22-15(14-9-4-5-10-24(14)16)17(25)21-13-8-6-7-12(20)11-13/h4-11H,1-3H3,(H,21,25)(H,23,26). The first-order valence-electron chi connectivity index (χ1n) is 8.11. The molecule has 0 unspecified atom stereocenters. The molecular weight excluding hydrogens is 335 g/mol. The van der Waals surface area contributed by atoms with E-state index in [0.29, 0.717) is 11.2 Å². The zero-order chi connectivity index (χ0) is 18.9. The number of amides is 2. The Morgan fingerprint density at radius 2 is 1.85 bits per heavy atom. The summed E-state index contributed by atoms with van der Waals surface area (Å²) in [5, 5.41) is 5.44. The Balaban J connectivity index is 1.98. The number of nitrogens with zero attached hydrogens (tertiary/aromatic N) is 2. The van der Waals surface area contributed by atoms with Crippen LogP contribution in [0.25, 0.3) is 5.52 Å². The molecule has 0 bridgehead atoms. The molecule has 6 nitrogen and oxygen atoms in total. The average molecular weight is 354 g/mol. The highest BCUT2D eigenvalue weighted by Crippen LogP contribution is 2.17. The van der Waals surface area contributed by atoms with E-state index in [-0.39, 0.29) is 17.4 Å². The van der Waals surface area contributed by atoms with E-state index in [9.17, 15) is 14.0 Å². The second-order valence-electron chi connectivity index (χ2n) is 6.91. The van der Waals surface area contributed by atoms with Crippen LogP contribution in [0.4, 0.5) is 10.1 Å². The fourth-order valence-corrected chi connectivity index (χ4v) is 2.52. The van der Waals surface area contributed by atoms with Crippen LogP contribution in [0.15, 0.2) is 48.7 Å². The summed E-state index contributed by atoms with van der Waals surface area (Å²) in [4.78, 5) is 29.4. The topological polar surface area (TPSA) is 75.5 Å². The predicted octanol–water partition coefficient (Wildman–Crippen LogP) is 3.25. The van der Waals surface area contributed by atoms with Crippen molar-refractivity contribution in [3.05, 3.63) is 66.0 Å². The van der Waals surface area contributed by atoms with E-state index in [1.165, 1.54) is 18.2 Å². The Bertz CT molecular complexity index is 989. The van der Waals surface area contributed by atoms with Crippen LogP contribution in [0, 0.1) is 5.82 Å². The van der Waals surface area contributed by atoms with Crippen LogP contribution < -0.4 is 10.6 Å². The number of aromatic nitrogens is 2. The molecule has 2 N–H and O–H groups in total. The van der Waals surface area contributed by atoms with Gasteiger partial charge in [-0.15, -0.1) is 0 Å². The van der Waals surface area contributed by atoms with Crippen molar-refractivity contribution in [2.45, 2.75) is 26.3 Å². The van der Waals surface area contributed by atoms with Crippen LogP contribution in [0.1, 0.15) is 41.9 Å². The van der Waals surface area contributed by atoms with Crippen LogP contribution in [0.2, 0.25) is 0 Å². The maximum atomic E-state index is 13.3. The fraction of sp³-hybridized carbons (Fsp3) is 0.211. The normalized spacial score (nSPS) is 11.4. The molecule has 2 heterocycles. The van der Waals surface area contributed by atoms with Crippen LogP contribution in [-0.4, -0.2) is 26.7 Å². The highest BCUT2D eigenvalue weighted by atomic mass is 19.1. The number of carbonyl (C=O) groups excluding carboxylic acids is 2. The average Bonchev–Trinajstić information content (AvgIpc) is 2.93. The van der Waals surface area contributed by atoms with Crippen LogP contribution in [0.5, 0.6) is 0 Å². The van der Waals surface area contributed by atoms with E-state index in [4.69, 9.17) is 0 Å². The SMILES string of the molecule is CC(C)(C)NC(=O)c1nc(C(=O)Nc2cccc(F)c2)c2ccccn12. The third kappa shape index (κ3) is 3.72. The van der Waals surface area contributed by atoms with Crippen LogP contribution in [0.3, 0.4) is 0 Å². The van der Waals surface area contributed by atoms with Gasteiger partial charge in [-0.3, -0.25) is 14.0 Å². The van der Waals surface area contributed by atoms with Gasteiger partial charge in [0.2, 0.25) is 5.82 Å². The molecule has 2 amide bonds. The van der Waals surface area contributed by atoms with Gasteiger partial charge in [0.05, 0.1) is 5.52 Å². The van der Waals surface area contributed by atoms with E-state index in [1.54, 1.807) is 34.9 Å². The number of anilines is 1. The van der Waals surface area contributed by atoms with Crippen molar-refractivity contribution in [2.24, 2.45) is 0 Å². The molecule has 0 saturated carbocycles. The molecule has 0 radical (unpaired) electrons. The quantitative estimate of drug-likeness (QED) is 0.758. The molecule has 0 saturated heterocycles. The molecule has 0 aliphatic carbocycles. The minimum atomic E-state index is -0.519. The lowest BCUT2D eigenvalue weighted by atomic mass is 10.1. The molecule has 0 spiro atoms. The molecule has 2 aromatic heterocycles. The number of benzene rings is 1. The number of carbonyl (C=O) groups is 2. The van der Waals surface area contributed by atoms with Gasteiger partial charge >= 0.3 is 0 Å². The predicted molar refractivity (Wildman–Crippen MR) is 96.8 cm³/mol. The Morgan fingerprint density at radius 1 is 1.08 bits per heavy atom. The number of hydrogen-bond acceptors (Lipinski definition) is 3. The number of imidazole rings is 1. The molecule has 3 aromatic rings. The van der Waals surface area contributed by atoms with E-state index < -0.39 is 17.3 Å². The molecular formula is C19H19FN4O2. The van der Waals surface area contributed by atoms with E-state index in [0.717, 1.165) is 0 Å². The van der Waals surface area contributed by atoms with Crippen molar-refractivity contribution in [1.82, 2.24) is 14.7 Å². The summed E-state index contributed by atoms with van der Waals surface area (Å²) in [5.74, 6) is -1.25. The molecule has 7 heteroatoms. The van der Waals surface area contributed by atoms with Gasteiger partial charge in [0.25, 0.3) is 11.8 Å². The zero-order valence-corrected chi connectivity index (χ0v) is 14.7. The van der Waals surface area contributed by atoms with Crippen molar-refractivity contribution >= 4 is 23.0 Å². The lowest BCUT2D eigenvalue weighted by molar-refractivity contribution is 0.0908. The third-order valence-electron chi connectivity index (χ3n) is 3.54. The Labute approximate surface area is 150 Å². The number of nitrogens with one attached hydrogen (secondary N) is 2. The molecule has 0 aliphatic heterocycles. The Morgan fingerprint density at radius 3 is 2.54 bits per heavy atom. The number of hydrogen-bond donors (Lipinski definition) is 2. The number of fused-ring (bicyclic) bond motifs is 1. The van der Waals surface area contributed by atoms with Crippen molar-refractivity contribution in [1.29, 1.82) is 0 Å². The van der Waals surface area contributed by atoms with E-state index in [1.807, 2.05) is 20.8 Å². The smallest absolute Gasteiger partial charge is 0.288 e. The monoisotopic (exact) mass is 354 g/mol. The van der Waals surface area contributed by atoms with Crippen molar-refractivity contribution < 1.29 is 14.0 Å². The summed E-state index contributed by atoms with van der Waals surface area (Å²) in [6.07, 6.45) is 1.67. The summed E-state index contributed by atoms with van der Waals surface area (Å²) in [7, 11) is 0. The minimum absolute atomic E-state index is 0.0916. The third-order valence-corrected chi connectivity index (χ3v) is 3.54. The van der Waals surface area contributed by atoms with Crippen LogP contribution >= 0.6 is 0 Å². The van der Waals surface area contributed by atoms with Gasteiger partial charge in [0, 0.05) is 17.4 Å². The maximum Gasteiger partial charge on any atom is 0.288 e. The lowest BCUT2D eigenvalue weighted by Gasteiger charge is -2.19. The Kier molecular flexibility index (Phi) is 4.46. The number of halogens is 1. The van der Waals surface area contributed by atoms with Gasteiger partial charge in [0.15, 0.2) is 5.69 Å². The van der Waals surface area contributed by atoms with Gasteiger partial charge in [-0.1, -0.05) is 12.1 Å². The van der Waals surface area contributed by atoms with Gasteiger partial charge in [-0.05, 0) is 51.1 Å². The molecule has 0 atom stereocenters. The highest BCUT2D eigenvalue weighted by molar-refractivity contribution is 6.09. The molecule has 0 fully saturated rings. The van der Waals surface area contributed by atoms with Gasteiger partial charge in [0.1, 0.15) is 5.82 Å². The zero-order valence-electron chi connectivity index (χ0n) is 14.7. The summed E-state index contributed by atoms with van der Waals surface area (Å²) in [6, 6.07) is 10.8. The largest absolute Gasteiger partial charge is 0.345 e. The molecule has 26 heavy (non-hydrogen) atoms. The number of pyridine rings is 1. The lowest BCUT2D eigenvalue weighted by Crippen LogP contribution is -2.41. The summed E-state index contributed by atoms with van der Waals surface area (Å²) >= 11 is 0. The summed E-state index contributed by atoms with van der Waals surface area (Å²) in [5.41, 5.74) is 0.448.